The van der Waals surface area contributed by atoms with Crippen molar-refractivity contribution in [3.63, 3.8) is 0 Å². The monoisotopic (exact) mass is 297 g/mol. The molecule has 0 amide bonds. The minimum atomic E-state index is 0.263. The molecule has 2 aromatic heterocycles. The third-order valence-corrected chi connectivity index (χ3v) is 4.65. The van der Waals surface area contributed by atoms with Crippen LogP contribution < -0.4 is 5.32 Å². The Morgan fingerprint density at radius 2 is 1.86 bits per heavy atom. The summed E-state index contributed by atoms with van der Waals surface area (Å²) >= 11 is 1.79. The van der Waals surface area contributed by atoms with E-state index in [0.717, 1.165) is 5.69 Å². The first kappa shape index (κ1) is 14.0. The van der Waals surface area contributed by atoms with Gasteiger partial charge in [-0.15, -0.1) is 11.3 Å². The number of rotatable bonds is 5. The normalized spacial score (nSPS) is 14.0. The molecule has 0 spiro atoms. The number of benzene rings is 1. The highest BCUT2D eigenvalue weighted by molar-refractivity contribution is 7.10. The van der Waals surface area contributed by atoms with Crippen LogP contribution in [-0.2, 0) is 0 Å². The van der Waals surface area contributed by atoms with E-state index in [-0.39, 0.29) is 6.04 Å². The summed E-state index contributed by atoms with van der Waals surface area (Å²) in [6.45, 7) is 4.38. The lowest BCUT2D eigenvalue weighted by Gasteiger charge is -2.17. The van der Waals surface area contributed by atoms with Gasteiger partial charge in [-0.3, -0.25) is 0 Å². The van der Waals surface area contributed by atoms with Crippen molar-refractivity contribution in [3.05, 3.63) is 70.7 Å². The Morgan fingerprint density at radius 3 is 2.57 bits per heavy atom. The molecule has 1 N–H and O–H groups in total. The summed E-state index contributed by atoms with van der Waals surface area (Å²) in [7, 11) is 0. The Kier molecular flexibility index (Phi) is 4.18. The van der Waals surface area contributed by atoms with Crippen LogP contribution in [0.25, 0.3) is 5.69 Å². The summed E-state index contributed by atoms with van der Waals surface area (Å²) in [5.74, 6) is 0. The Morgan fingerprint density at radius 1 is 1.05 bits per heavy atom. The predicted octanol–water partition coefficient (Wildman–Crippen LogP) is 4.35. The van der Waals surface area contributed by atoms with Crippen molar-refractivity contribution in [2.45, 2.75) is 25.9 Å². The van der Waals surface area contributed by atoms with E-state index in [1.54, 1.807) is 11.3 Å². The molecule has 0 bridgehead atoms. The number of hydrogen-bond donors (Lipinski definition) is 1. The molecule has 0 saturated carbocycles. The second-order valence-electron chi connectivity index (χ2n) is 5.18. The van der Waals surface area contributed by atoms with E-state index in [1.807, 2.05) is 29.1 Å². The number of thiophene rings is 1. The van der Waals surface area contributed by atoms with Crippen molar-refractivity contribution in [3.8, 4) is 5.69 Å². The molecular weight excluding hydrogens is 278 g/mol. The molecule has 1 aromatic carbocycles. The zero-order valence-electron chi connectivity index (χ0n) is 12.2. The van der Waals surface area contributed by atoms with Gasteiger partial charge in [-0.2, -0.15) is 5.10 Å². The molecule has 2 atom stereocenters. The van der Waals surface area contributed by atoms with Gasteiger partial charge in [-0.1, -0.05) is 24.3 Å². The van der Waals surface area contributed by atoms with Crippen molar-refractivity contribution < 1.29 is 0 Å². The second kappa shape index (κ2) is 6.24. The Balaban J connectivity index is 1.71. The Hall–Kier alpha value is -1.91. The van der Waals surface area contributed by atoms with Gasteiger partial charge in [-0.25, -0.2) is 4.68 Å². The topological polar surface area (TPSA) is 29.9 Å². The van der Waals surface area contributed by atoms with Crippen molar-refractivity contribution >= 4 is 11.3 Å². The van der Waals surface area contributed by atoms with Crippen LogP contribution in [0.5, 0.6) is 0 Å². The van der Waals surface area contributed by atoms with Crippen molar-refractivity contribution in [2.24, 2.45) is 0 Å². The quantitative estimate of drug-likeness (QED) is 0.759. The van der Waals surface area contributed by atoms with Gasteiger partial charge < -0.3 is 5.32 Å². The molecule has 3 rings (SSSR count). The fraction of sp³-hybridized carbons (Fsp3) is 0.235. The fourth-order valence-corrected chi connectivity index (χ4v) is 3.12. The van der Waals surface area contributed by atoms with Gasteiger partial charge in [0.15, 0.2) is 0 Å². The van der Waals surface area contributed by atoms with E-state index in [2.05, 4.69) is 60.1 Å². The van der Waals surface area contributed by atoms with E-state index in [1.165, 1.54) is 10.4 Å². The summed E-state index contributed by atoms with van der Waals surface area (Å²) in [5.41, 5.74) is 2.28. The summed E-state index contributed by atoms with van der Waals surface area (Å²) in [5, 5.41) is 10.2. The smallest absolute Gasteiger partial charge is 0.0645 e. The highest BCUT2D eigenvalue weighted by Gasteiger charge is 2.13. The van der Waals surface area contributed by atoms with Crippen LogP contribution in [0.3, 0.4) is 0 Å². The Bertz CT molecular complexity index is 673. The van der Waals surface area contributed by atoms with Crippen molar-refractivity contribution in [1.82, 2.24) is 15.1 Å². The third-order valence-electron chi connectivity index (χ3n) is 3.59. The van der Waals surface area contributed by atoms with Crippen LogP contribution in [0.4, 0.5) is 0 Å². The van der Waals surface area contributed by atoms with E-state index in [9.17, 15) is 0 Å². The summed E-state index contributed by atoms with van der Waals surface area (Å²) in [4.78, 5) is 1.36. The summed E-state index contributed by atoms with van der Waals surface area (Å²) in [6.07, 6.45) is 4.03. The first-order chi connectivity index (χ1) is 10.2. The van der Waals surface area contributed by atoms with E-state index < -0.39 is 0 Å². The number of nitrogens with one attached hydrogen (secondary N) is 1. The lowest BCUT2D eigenvalue weighted by Crippen LogP contribution is -2.21. The minimum Gasteiger partial charge on any atom is -0.303 e. The van der Waals surface area contributed by atoms with Gasteiger partial charge in [-0.05, 0) is 37.4 Å². The van der Waals surface area contributed by atoms with Crippen LogP contribution in [0.2, 0.25) is 0 Å². The van der Waals surface area contributed by atoms with Crippen LogP contribution in [0.1, 0.15) is 36.4 Å². The molecule has 3 aromatic rings. The van der Waals surface area contributed by atoms with Gasteiger partial charge >= 0.3 is 0 Å². The third kappa shape index (κ3) is 3.23. The maximum atomic E-state index is 4.46. The SMILES string of the molecule is CC(NC(C)c1cccs1)c1cnn(-c2ccccc2)c1. The number of hydrogen-bond acceptors (Lipinski definition) is 3. The molecular formula is C17H19N3S. The van der Waals surface area contributed by atoms with Gasteiger partial charge in [0.25, 0.3) is 0 Å². The van der Waals surface area contributed by atoms with Gasteiger partial charge in [0.2, 0.25) is 0 Å². The van der Waals surface area contributed by atoms with Gasteiger partial charge in [0.05, 0.1) is 11.9 Å². The minimum absolute atomic E-state index is 0.263. The zero-order valence-corrected chi connectivity index (χ0v) is 13.0. The average Bonchev–Trinajstić information content (AvgIpc) is 3.20. The zero-order chi connectivity index (χ0) is 14.7. The highest BCUT2D eigenvalue weighted by Crippen LogP contribution is 2.22. The molecule has 4 heteroatoms. The number of para-hydroxylation sites is 1. The lowest BCUT2D eigenvalue weighted by atomic mass is 10.1. The van der Waals surface area contributed by atoms with Gasteiger partial charge in [0, 0.05) is 28.7 Å². The molecule has 2 unspecified atom stereocenters. The maximum Gasteiger partial charge on any atom is 0.0645 e. The molecule has 2 heterocycles. The molecule has 0 radical (unpaired) electrons. The number of nitrogens with zero attached hydrogens (tertiary/aromatic N) is 2. The molecule has 0 aliphatic carbocycles. The van der Waals surface area contributed by atoms with E-state index in [4.69, 9.17) is 0 Å². The molecule has 0 saturated heterocycles. The van der Waals surface area contributed by atoms with Crippen LogP contribution >= 0.6 is 11.3 Å². The van der Waals surface area contributed by atoms with Crippen LogP contribution in [0.15, 0.2) is 60.2 Å². The van der Waals surface area contributed by atoms with Crippen molar-refractivity contribution in [2.75, 3.05) is 0 Å². The maximum absolute atomic E-state index is 4.46. The van der Waals surface area contributed by atoms with E-state index in [0.29, 0.717) is 6.04 Å². The first-order valence-corrected chi connectivity index (χ1v) is 8.01. The molecule has 21 heavy (non-hydrogen) atoms. The lowest BCUT2D eigenvalue weighted by molar-refractivity contribution is 0.500. The summed E-state index contributed by atoms with van der Waals surface area (Å²) < 4.78 is 1.92. The first-order valence-electron chi connectivity index (χ1n) is 7.13. The molecule has 108 valence electrons. The number of aromatic nitrogens is 2. The van der Waals surface area contributed by atoms with Crippen LogP contribution in [0, 0.1) is 0 Å². The molecule has 0 aliphatic heterocycles. The second-order valence-corrected chi connectivity index (χ2v) is 6.16. The van der Waals surface area contributed by atoms with E-state index >= 15 is 0 Å². The Labute approximate surface area is 129 Å². The molecule has 3 nitrogen and oxygen atoms in total. The largest absolute Gasteiger partial charge is 0.303 e. The standard InChI is InChI=1S/C17H19N3S/c1-13(19-14(2)17-9-6-10-21-17)15-11-18-20(12-15)16-7-4-3-5-8-16/h3-14,19H,1-2H3. The average molecular weight is 297 g/mol. The molecule has 0 aliphatic rings. The van der Waals surface area contributed by atoms with Crippen molar-refractivity contribution in [1.29, 1.82) is 0 Å². The van der Waals surface area contributed by atoms with Gasteiger partial charge in [0.1, 0.15) is 0 Å². The predicted molar refractivity (Wildman–Crippen MR) is 87.8 cm³/mol. The highest BCUT2D eigenvalue weighted by atomic mass is 32.1. The van der Waals surface area contributed by atoms with Crippen LogP contribution in [-0.4, -0.2) is 9.78 Å². The molecule has 0 fully saturated rings. The fourth-order valence-electron chi connectivity index (χ4n) is 2.37. The summed E-state index contributed by atoms with van der Waals surface area (Å²) in [6, 6.07) is 15.1.